The van der Waals surface area contributed by atoms with Crippen LogP contribution in [0.15, 0.2) is 48.5 Å². The zero-order chi connectivity index (χ0) is 20.6. The smallest absolute Gasteiger partial charge is 0.337 e. The number of nitrogens with zero attached hydrogens (tertiary/aromatic N) is 3. The fourth-order valence-corrected chi connectivity index (χ4v) is 3.42. The summed E-state index contributed by atoms with van der Waals surface area (Å²) in [6.07, 6.45) is 0.918. The first-order chi connectivity index (χ1) is 14.1. The molecule has 1 heterocycles. The number of carbonyl (C=O) groups is 2. The van der Waals surface area contributed by atoms with Crippen molar-refractivity contribution in [3.63, 3.8) is 0 Å². The Morgan fingerprint density at radius 3 is 2.55 bits per heavy atom. The second-order valence-corrected chi connectivity index (χ2v) is 6.86. The van der Waals surface area contributed by atoms with Crippen molar-refractivity contribution in [3.8, 4) is 6.07 Å². The molecular weight excluding hydrogens is 368 g/mol. The van der Waals surface area contributed by atoms with Crippen LogP contribution in [0.2, 0.25) is 0 Å². The van der Waals surface area contributed by atoms with Gasteiger partial charge in [-0.3, -0.25) is 9.69 Å². The van der Waals surface area contributed by atoms with Gasteiger partial charge in [-0.2, -0.15) is 5.26 Å². The summed E-state index contributed by atoms with van der Waals surface area (Å²) in [5.41, 5.74) is 2.71. The maximum Gasteiger partial charge on any atom is 0.337 e. The number of rotatable bonds is 5. The number of nitriles is 1. The number of esters is 1. The molecule has 0 radical (unpaired) electrons. The summed E-state index contributed by atoms with van der Waals surface area (Å²) in [5.74, 6) is -0.503. The molecule has 0 atom stereocenters. The van der Waals surface area contributed by atoms with Crippen molar-refractivity contribution in [1.82, 2.24) is 4.90 Å². The minimum Gasteiger partial charge on any atom is -0.465 e. The van der Waals surface area contributed by atoms with E-state index >= 15 is 0 Å². The molecule has 1 fully saturated rings. The van der Waals surface area contributed by atoms with E-state index < -0.39 is 5.97 Å². The summed E-state index contributed by atoms with van der Waals surface area (Å²) < 4.78 is 4.67. The Labute approximate surface area is 170 Å². The number of ether oxygens (including phenoxy) is 1. The molecule has 0 saturated carbocycles. The van der Waals surface area contributed by atoms with Crippen LogP contribution in [0, 0.1) is 11.3 Å². The molecular formula is C22H24N4O3. The van der Waals surface area contributed by atoms with Gasteiger partial charge in [0.15, 0.2) is 0 Å². The number of methoxy groups -OCH3 is 1. The van der Waals surface area contributed by atoms with Gasteiger partial charge in [0.2, 0.25) is 5.91 Å². The molecule has 3 rings (SSSR count). The molecule has 0 aliphatic carbocycles. The molecule has 1 saturated heterocycles. The zero-order valence-corrected chi connectivity index (χ0v) is 16.4. The van der Waals surface area contributed by atoms with Crippen molar-refractivity contribution in [2.45, 2.75) is 6.42 Å². The molecule has 0 bridgehead atoms. The van der Waals surface area contributed by atoms with Crippen LogP contribution in [-0.2, 0) is 9.53 Å². The molecule has 0 spiro atoms. The minimum absolute atomic E-state index is 0.0957. The van der Waals surface area contributed by atoms with Gasteiger partial charge in [0, 0.05) is 31.9 Å². The van der Waals surface area contributed by atoms with E-state index in [1.807, 2.05) is 24.3 Å². The van der Waals surface area contributed by atoms with Crippen LogP contribution < -0.4 is 10.2 Å². The summed E-state index contributed by atoms with van der Waals surface area (Å²) in [6.45, 7) is 3.48. The van der Waals surface area contributed by atoms with E-state index in [4.69, 9.17) is 0 Å². The first-order valence-electron chi connectivity index (χ1n) is 9.55. The molecule has 1 aliphatic rings. The lowest BCUT2D eigenvalue weighted by Crippen LogP contribution is -2.36. The van der Waals surface area contributed by atoms with Crippen LogP contribution in [0.3, 0.4) is 0 Å². The monoisotopic (exact) mass is 392 g/mol. The van der Waals surface area contributed by atoms with Crippen LogP contribution in [0.4, 0.5) is 11.4 Å². The highest BCUT2D eigenvalue weighted by atomic mass is 16.5. The van der Waals surface area contributed by atoms with Crippen LogP contribution in [0.1, 0.15) is 22.3 Å². The van der Waals surface area contributed by atoms with E-state index in [2.05, 4.69) is 25.9 Å². The van der Waals surface area contributed by atoms with E-state index in [-0.39, 0.29) is 5.91 Å². The quantitative estimate of drug-likeness (QED) is 0.787. The van der Waals surface area contributed by atoms with Crippen molar-refractivity contribution >= 4 is 23.3 Å². The predicted molar refractivity (Wildman–Crippen MR) is 111 cm³/mol. The SMILES string of the molecule is COC(=O)c1ccc(NC(=O)CN2CCCN(c3ccccc3C#N)CC2)cc1. The third kappa shape index (κ3) is 5.33. The van der Waals surface area contributed by atoms with Crippen LogP contribution in [-0.4, -0.2) is 56.6 Å². The number of hydrogen-bond acceptors (Lipinski definition) is 6. The van der Waals surface area contributed by atoms with Crippen LogP contribution >= 0.6 is 0 Å². The van der Waals surface area contributed by atoms with E-state index in [0.717, 1.165) is 38.3 Å². The number of benzene rings is 2. The van der Waals surface area contributed by atoms with Crippen LogP contribution in [0.5, 0.6) is 0 Å². The molecule has 7 nitrogen and oxygen atoms in total. The molecule has 1 amide bonds. The highest BCUT2D eigenvalue weighted by molar-refractivity contribution is 5.94. The first-order valence-corrected chi connectivity index (χ1v) is 9.55. The molecule has 2 aromatic rings. The molecule has 0 unspecified atom stereocenters. The number of nitrogens with one attached hydrogen (secondary N) is 1. The molecule has 1 aliphatic heterocycles. The highest BCUT2D eigenvalue weighted by Gasteiger charge is 2.19. The number of carbonyl (C=O) groups excluding carboxylic acids is 2. The average molecular weight is 392 g/mol. The molecule has 150 valence electrons. The van der Waals surface area contributed by atoms with E-state index in [0.29, 0.717) is 23.4 Å². The van der Waals surface area contributed by atoms with Crippen LogP contribution in [0.25, 0.3) is 0 Å². The van der Waals surface area contributed by atoms with Crippen molar-refractivity contribution in [2.24, 2.45) is 0 Å². The lowest BCUT2D eigenvalue weighted by Gasteiger charge is -2.24. The van der Waals surface area contributed by atoms with E-state index in [9.17, 15) is 14.9 Å². The maximum absolute atomic E-state index is 12.4. The molecule has 7 heteroatoms. The summed E-state index contributed by atoms with van der Waals surface area (Å²) in [7, 11) is 1.33. The van der Waals surface area contributed by atoms with Gasteiger partial charge in [-0.15, -0.1) is 0 Å². The number of para-hydroxylation sites is 1. The van der Waals surface area contributed by atoms with E-state index in [1.54, 1.807) is 24.3 Å². The Morgan fingerprint density at radius 2 is 1.83 bits per heavy atom. The largest absolute Gasteiger partial charge is 0.465 e. The van der Waals surface area contributed by atoms with Gasteiger partial charge in [0.05, 0.1) is 30.5 Å². The summed E-state index contributed by atoms with van der Waals surface area (Å²) >= 11 is 0. The predicted octanol–water partition coefficient (Wildman–Crippen LogP) is 2.50. The fourth-order valence-electron chi connectivity index (χ4n) is 3.42. The standard InChI is InChI=1S/C22H24N4O3/c1-29-22(28)17-7-9-19(10-8-17)24-21(27)16-25-11-4-12-26(14-13-25)20-6-3-2-5-18(20)15-23/h2-3,5-10H,4,11-14,16H2,1H3,(H,24,27). The third-order valence-corrected chi connectivity index (χ3v) is 4.91. The number of amides is 1. The van der Waals surface area contributed by atoms with Gasteiger partial charge in [-0.05, 0) is 42.8 Å². The second kappa shape index (κ2) is 9.71. The minimum atomic E-state index is -0.407. The van der Waals surface area contributed by atoms with E-state index in [1.165, 1.54) is 7.11 Å². The topological polar surface area (TPSA) is 85.7 Å². The van der Waals surface area contributed by atoms with Crippen molar-refractivity contribution < 1.29 is 14.3 Å². The summed E-state index contributed by atoms with van der Waals surface area (Å²) in [6, 6.07) is 16.5. The molecule has 1 N–H and O–H groups in total. The average Bonchev–Trinajstić information content (AvgIpc) is 2.99. The summed E-state index contributed by atoms with van der Waals surface area (Å²) in [5, 5.41) is 12.2. The zero-order valence-electron chi connectivity index (χ0n) is 16.4. The Bertz CT molecular complexity index is 905. The third-order valence-electron chi connectivity index (χ3n) is 4.91. The van der Waals surface area contributed by atoms with Gasteiger partial charge >= 0.3 is 5.97 Å². The highest BCUT2D eigenvalue weighted by Crippen LogP contribution is 2.21. The lowest BCUT2D eigenvalue weighted by atomic mass is 10.1. The second-order valence-electron chi connectivity index (χ2n) is 6.86. The number of hydrogen-bond donors (Lipinski definition) is 1. The molecule has 29 heavy (non-hydrogen) atoms. The molecule has 0 aromatic heterocycles. The van der Waals surface area contributed by atoms with Gasteiger partial charge in [-0.1, -0.05) is 12.1 Å². The van der Waals surface area contributed by atoms with Gasteiger partial charge in [0.1, 0.15) is 6.07 Å². The van der Waals surface area contributed by atoms with Gasteiger partial charge in [-0.25, -0.2) is 4.79 Å². The maximum atomic E-state index is 12.4. The Balaban J connectivity index is 1.54. The Kier molecular flexibility index (Phi) is 6.82. The Morgan fingerprint density at radius 1 is 1.07 bits per heavy atom. The number of anilines is 2. The van der Waals surface area contributed by atoms with Gasteiger partial charge < -0.3 is 15.0 Å². The fraction of sp³-hybridized carbons (Fsp3) is 0.318. The van der Waals surface area contributed by atoms with Crippen molar-refractivity contribution in [1.29, 1.82) is 5.26 Å². The van der Waals surface area contributed by atoms with Crippen molar-refractivity contribution in [3.05, 3.63) is 59.7 Å². The first kappa shape index (κ1) is 20.4. The summed E-state index contributed by atoms with van der Waals surface area (Å²) in [4.78, 5) is 28.2. The Hall–Kier alpha value is -3.37. The lowest BCUT2D eigenvalue weighted by molar-refractivity contribution is -0.117. The van der Waals surface area contributed by atoms with Crippen molar-refractivity contribution in [2.75, 3.05) is 50.1 Å². The van der Waals surface area contributed by atoms with Gasteiger partial charge in [0.25, 0.3) is 0 Å². The normalized spacial score (nSPS) is 14.6. The molecule has 2 aromatic carbocycles.